The number of imidazole rings is 1. The third-order valence-corrected chi connectivity index (χ3v) is 5.35. The van der Waals surface area contributed by atoms with Crippen molar-refractivity contribution in [3.63, 3.8) is 0 Å². The molecule has 136 valence electrons. The van der Waals surface area contributed by atoms with Gasteiger partial charge in [0.1, 0.15) is 0 Å². The first-order valence-corrected chi connectivity index (χ1v) is 9.35. The predicted octanol–water partition coefficient (Wildman–Crippen LogP) is 4.44. The van der Waals surface area contributed by atoms with E-state index in [1.807, 2.05) is 25.1 Å². The number of Topliss-reactive ketones (excluding diaryl/α,β-unsaturated/α-hetero) is 1. The fourth-order valence-electron chi connectivity index (χ4n) is 2.88. The van der Waals surface area contributed by atoms with E-state index in [0.717, 1.165) is 22.7 Å². The molecule has 1 unspecified atom stereocenters. The fourth-order valence-corrected chi connectivity index (χ4v) is 3.95. The lowest BCUT2D eigenvalue weighted by atomic mass is 10.1. The minimum Gasteiger partial charge on any atom is -0.493 e. The third kappa shape index (κ3) is 3.42. The van der Waals surface area contributed by atoms with E-state index in [1.165, 1.54) is 11.8 Å². The van der Waals surface area contributed by atoms with E-state index in [1.54, 1.807) is 32.4 Å². The molecular weight excluding hydrogens is 348 g/mol. The van der Waals surface area contributed by atoms with Gasteiger partial charge in [0.25, 0.3) is 0 Å². The molecule has 0 aliphatic heterocycles. The van der Waals surface area contributed by atoms with E-state index < -0.39 is 0 Å². The Morgan fingerprint density at radius 2 is 1.88 bits per heavy atom. The van der Waals surface area contributed by atoms with Gasteiger partial charge in [-0.2, -0.15) is 0 Å². The molecular formula is C20H22N2O3S. The molecule has 0 spiro atoms. The average Bonchev–Trinajstić information content (AvgIpc) is 3.03. The number of fused-ring (bicyclic) bond motifs is 1. The predicted molar refractivity (Wildman–Crippen MR) is 105 cm³/mol. The van der Waals surface area contributed by atoms with Gasteiger partial charge in [0, 0.05) is 12.1 Å². The zero-order chi connectivity index (χ0) is 18.7. The maximum Gasteiger partial charge on any atom is 0.176 e. The molecule has 0 amide bonds. The number of hydrogen-bond donors (Lipinski definition) is 0. The van der Waals surface area contributed by atoms with Crippen LogP contribution in [0.15, 0.2) is 47.6 Å². The maximum atomic E-state index is 12.9. The number of ketones is 1. The number of aryl methyl sites for hydroxylation is 1. The topological polar surface area (TPSA) is 53.4 Å². The molecule has 1 heterocycles. The summed E-state index contributed by atoms with van der Waals surface area (Å²) in [6, 6.07) is 13.3. The minimum atomic E-state index is -0.268. The Morgan fingerprint density at radius 1 is 1.15 bits per heavy atom. The Labute approximate surface area is 157 Å². The van der Waals surface area contributed by atoms with Crippen molar-refractivity contribution in [1.82, 2.24) is 9.55 Å². The second-order valence-corrected chi connectivity index (χ2v) is 7.13. The molecule has 0 saturated heterocycles. The number of carbonyl (C=O) groups is 1. The molecule has 0 bridgehead atoms. The molecule has 0 N–H and O–H groups in total. The molecule has 3 rings (SSSR count). The van der Waals surface area contributed by atoms with Crippen molar-refractivity contribution in [3.05, 3.63) is 48.0 Å². The minimum absolute atomic E-state index is 0.0330. The molecule has 26 heavy (non-hydrogen) atoms. The Kier molecular flexibility index (Phi) is 5.52. The number of carbonyl (C=O) groups excluding carboxylic acids is 1. The highest BCUT2D eigenvalue weighted by Gasteiger charge is 2.21. The summed E-state index contributed by atoms with van der Waals surface area (Å²) in [5, 5.41) is 0.588. The van der Waals surface area contributed by atoms with Gasteiger partial charge in [0.05, 0.1) is 30.5 Å². The lowest BCUT2D eigenvalue weighted by Gasteiger charge is -2.13. The summed E-state index contributed by atoms with van der Waals surface area (Å²) in [5.41, 5.74) is 2.63. The van der Waals surface area contributed by atoms with Crippen molar-refractivity contribution in [3.8, 4) is 11.5 Å². The van der Waals surface area contributed by atoms with Gasteiger partial charge in [-0.3, -0.25) is 4.79 Å². The van der Waals surface area contributed by atoms with Crippen LogP contribution in [-0.4, -0.2) is 34.8 Å². The van der Waals surface area contributed by atoms with Crippen molar-refractivity contribution in [2.24, 2.45) is 0 Å². The molecule has 0 radical (unpaired) electrons. The van der Waals surface area contributed by atoms with E-state index >= 15 is 0 Å². The second kappa shape index (κ2) is 7.83. The Balaban J connectivity index is 1.86. The van der Waals surface area contributed by atoms with Crippen molar-refractivity contribution < 1.29 is 14.3 Å². The number of thioether (sulfide) groups is 1. The van der Waals surface area contributed by atoms with Gasteiger partial charge in [-0.25, -0.2) is 4.98 Å². The standard InChI is InChI=1S/C20H22N2O3S/c1-5-22-16-9-7-6-8-15(16)21-20(22)26-13(2)19(23)14-10-11-17(24-3)18(12-14)25-4/h6-13H,5H2,1-4H3. The first-order valence-electron chi connectivity index (χ1n) is 8.47. The Hall–Kier alpha value is -2.47. The van der Waals surface area contributed by atoms with Crippen LogP contribution in [0.5, 0.6) is 11.5 Å². The van der Waals surface area contributed by atoms with Gasteiger partial charge >= 0.3 is 0 Å². The number of para-hydroxylation sites is 2. The summed E-state index contributed by atoms with van der Waals surface area (Å²) in [6.45, 7) is 4.79. The Bertz CT molecular complexity index is 936. The average molecular weight is 370 g/mol. The largest absolute Gasteiger partial charge is 0.493 e. The monoisotopic (exact) mass is 370 g/mol. The zero-order valence-electron chi connectivity index (χ0n) is 15.4. The first kappa shape index (κ1) is 18.3. The molecule has 2 aromatic carbocycles. The number of nitrogens with zero attached hydrogens (tertiary/aromatic N) is 2. The van der Waals surface area contributed by atoms with Crippen molar-refractivity contribution in [2.75, 3.05) is 14.2 Å². The van der Waals surface area contributed by atoms with Crippen LogP contribution in [0.4, 0.5) is 0 Å². The highest BCUT2D eigenvalue weighted by Crippen LogP contribution is 2.32. The second-order valence-electron chi connectivity index (χ2n) is 5.82. The molecule has 0 fully saturated rings. The van der Waals surface area contributed by atoms with Crippen molar-refractivity contribution in [1.29, 1.82) is 0 Å². The smallest absolute Gasteiger partial charge is 0.176 e. The zero-order valence-corrected chi connectivity index (χ0v) is 16.2. The summed E-state index contributed by atoms with van der Waals surface area (Å²) in [5.74, 6) is 1.19. The molecule has 0 aliphatic rings. The van der Waals surface area contributed by atoms with Crippen LogP contribution in [0.2, 0.25) is 0 Å². The highest BCUT2D eigenvalue weighted by atomic mass is 32.2. The number of benzene rings is 2. The molecule has 6 heteroatoms. The molecule has 1 aromatic heterocycles. The highest BCUT2D eigenvalue weighted by molar-refractivity contribution is 8.00. The molecule has 0 aliphatic carbocycles. The fraction of sp³-hybridized carbons (Fsp3) is 0.300. The number of rotatable bonds is 7. The summed E-state index contributed by atoms with van der Waals surface area (Å²) < 4.78 is 12.7. The summed E-state index contributed by atoms with van der Waals surface area (Å²) in [4.78, 5) is 17.6. The summed E-state index contributed by atoms with van der Waals surface area (Å²) in [7, 11) is 3.14. The van der Waals surface area contributed by atoms with E-state index in [4.69, 9.17) is 9.47 Å². The lowest BCUT2D eigenvalue weighted by Crippen LogP contribution is -2.15. The van der Waals surface area contributed by atoms with Crippen LogP contribution in [0.1, 0.15) is 24.2 Å². The van der Waals surface area contributed by atoms with Crippen molar-refractivity contribution >= 4 is 28.6 Å². The van der Waals surface area contributed by atoms with Gasteiger partial charge in [0.15, 0.2) is 22.4 Å². The molecule has 5 nitrogen and oxygen atoms in total. The van der Waals surface area contributed by atoms with Crippen LogP contribution in [-0.2, 0) is 6.54 Å². The van der Waals surface area contributed by atoms with Crippen LogP contribution < -0.4 is 9.47 Å². The summed E-state index contributed by atoms with van der Waals surface area (Å²) in [6.07, 6.45) is 0. The van der Waals surface area contributed by atoms with Gasteiger partial charge < -0.3 is 14.0 Å². The van der Waals surface area contributed by atoms with Crippen LogP contribution in [0, 0.1) is 0 Å². The number of aromatic nitrogens is 2. The van der Waals surface area contributed by atoms with Crippen LogP contribution in [0.25, 0.3) is 11.0 Å². The number of methoxy groups -OCH3 is 2. The van der Waals surface area contributed by atoms with E-state index in [-0.39, 0.29) is 11.0 Å². The van der Waals surface area contributed by atoms with Crippen molar-refractivity contribution in [2.45, 2.75) is 30.8 Å². The lowest BCUT2D eigenvalue weighted by molar-refractivity contribution is 0.0993. The van der Waals surface area contributed by atoms with Gasteiger partial charge in [-0.05, 0) is 44.2 Å². The number of ether oxygens (including phenoxy) is 2. The SMILES string of the molecule is CCn1c(SC(C)C(=O)c2ccc(OC)c(OC)c2)nc2ccccc21. The normalized spacial score (nSPS) is 12.2. The third-order valence-electron chi connectivity index (χ3n) is 4.26. The quantitative estimate of drug-likeness (QED) is 0.455. The van der Waals surface area contributed by atoms with E-state index in [2.05, 4.69) is 22.5 Å². The van der Waals surface area contributed by atoms with Gasteiger partial charge in [-0.1, -0.05) is 23.9 Å². The molecule has 1 atom stereocenters. The molecule has 3 aromatic rings. The van der Waals surface area contributed by atoms with Crippen LogP contribution in [0.3, 0.4) is 0 Å². The van der Waals surface area contributed by atoms with E-state index in [9.17, 15) is 4.79 Å². The van der Waals surface area contributed by atoms with Crippen LogP contribution >= 0.6 is 11.8 Å². The summed E-state index contributed by atoms with van der Waals surface area (Å²) >= 11 is 1.48. The Morgan fingerprint density at radius 3 is 2.58 bits per heavy atom. The van der Waals surface area contributed by atoms with Gasteiger partial charge in [-0.15, -0.1) is 0 Å². The first-order chi connectivity index (χ1) is 12.6. The maximum absolute atomic E-state index is 12.9. The van der Waals surface area contributed by atoms with Gasteiger partial charge in [0.2, 0.25) is 0 Å². The number of hydrogen-bond acceptors (Lipinski definition) is 5. The molecule has 0 saturated carbocycles. The van der Waals surface area contributed by atoms with E-state index in [0.29, 0.717) is 17.1 Å².